The Morgan fingerprint density at radius 3 is 1.15 bits per heavy atom. The van der Waals surface area contributed by atoms with Crippen LogP contribution in [0, 0.1) is 0 Å². The molecule has 0 saturated heterocycles. The van der Waals surface area contributed by atoms with Gasteiger partial charge in [0.15, 0.2) is 0 Å². The van der Waals surface area contributed by atoms with Crippen molar-refractivity contribution < 1.29 is 0 Å². The Kier molecular flexibility index (Phi) is 5.77. The zero-order chi connectivity index (χ0) is 19.6. The van der Waals surface area contributed by atoms with Gasteiger partial charge in [-0.15, -0.1) is 0 Å². The van der Waals surface area contributed by atoms with Gasteiger partial charge in [-0.3, -0.25) is 0 Å². The molecule has 0 fully saturated rings. The van der Waals surface area contributed by atoms with E-state index in [0.29, 0.717) is 0 Å². The van der Waals surface area contributed by atoms with Crippen LogP contribution in [-0.2, 0) is 0 Å². The Labute approximate surface area is 172 Å². The first-order chi connectivity index (χ1) is 12.8. The van der Waals surface area contributed by atoms with Gasteiger partial charge in [-0.2, -0.15) is 0 Å². The van der Waals surface area contributed by atoms with E-state index in [1.807, 2.05) is 0 Å². The summed E-state index contributed by atoms with van der Waals surface area (Å²) in [6.45, 7) is 2.45. The van der Waals surface area contributed by atoms with E-state index in [9.17, 15) is 0 Å². The Hall–Kier alpha value is -2.04. The maximum Gasteiger partial charge on any atom is 0.145 e. The number of halogens is 1. The van der Waals surface area contributed by atoms with E-state index >= 15 is 0 Å². The average molecular weight is 439 g/mol. The van der Waals surface area contributed by atoms with E-state index in [4.69, 9.17) is 0 Å². The number of rotatable bonds is 5. The molecule has 3 aromatic carbocycles. The molecule has 0 radical (unpaired) electrons. The van der Waals surface area contributed by atoms with Crippen LogP contribution in [0.15, 0.2) is 77.3 Å². The first-order valence-corrected chi connectivity index (χ1v) is 12.4. The molecule has 3 rings (SSSR count). The number of anilines is 2. The molecule has 0 atom stereocenters. The van der Waals surface area contributed by atoms with Gasteiger partial charge in [0.05, 0.1) is 0 Å². The highest BCUT2D eigenvalue weighted by atomic mass is 79.9. The molecule has 0 aliphatic carbocycles. The number of hydrogen-bond donors (Lipinski definition) is 0. The van der Waals surface area contributed by atoms with Crippen LogP contribution in [0.25, 0.3) is 0 Å². The van der Waals surface area contributed by atoms with Gasteiger partial charge >= 0.3 is 0 Å². The van der Waals surface area contributed by atoms with Gasteiger partial charge < -0.3 is 9.80 Å². The SMILES string of the molecule is CN(C)c1ccc([Si](C)(c2ccc(Br)cc2)c2ccc(N(C)C)cc2)cc1. The Morgan fingerprint density at radius 2 is 0.852 bits per heavy atom. The van der Waals surface area contributed by atoms with E-state index in [0.717, 1.165) is 4.47 Å². The molecule has 0 aliphatic heterocycles. The fourth-order valence-corrected chi connectivity index (χ4v) is 7.23. The third-order valence-corrected chi connectivity index (χ3v) is 10.3. The van der Waals surface area contributed by atoms with Crippen LogP contribution in [0.5, 0.6) is 0 Å². The molecule has 4 heteroatoms. The molecular weight excluding hydrogens is 412 g/mol. The standard InChI is InChI=1S/C23H27BrN2Si/c1-25(2)19-8-14-22(15-9-19)27(5,21-12-6-18(24)7-13-21)23-16-10-20(11-17-23)26(3)4/h6-17H,1-5H3. The molecule has 0 N–H and O–H groups in total. The lowest BCUT2D eigenvalue weighted by Gasteiger charge is -2.30. The second-order valence-corrected chi connectivity index (χ2v) is 12.4. The molecule has 0 aliphatic rings. The van der Waals surface area contributed by atoms with Crippen LogP contribution in [0.1, 0.15) is 0 Å². The molecule has 0 unspecified atom stereocenters. The van der Waals surface area contributed by atoms with E-state index in [-0.39, 0.29) is 0 Å². The van der Waals surface area contributed by atoms with Crippen molar-refractivity contribution in [2.45, 2.75) is 6.55 Å². The van der Waals surface area contributed by atoms with Crippen molar-refractivity contribution in [3.05, 3.63) is 77.3 Å². The minimum Gasteiger partial charge on any atom is -0.378 e. The Balaban J connectivity index is 2.15. The lowest BCUT2D eigenvalue weighted by atomic mass is 10.3. The predicted molar refractivity (Wildman–Crippen MR) is 126 cm³/mol. The predicted octanol–water partition coefficient (Wildman–Crippen LogP) is 3.68. The highest BCUT2D eigenvalue weighted by molar-refractivity contribution is 9.10. The molecule has 3 aromatic rings. The zero-order valence-electron chi connectivity index (χ0n) is 16.7. The lowest BCUT2D eigenvalue weighted by molar-refractivity contribution is 1.13. The quantitative estimate of drug-likeness (QED) is 0.442. The minimum absolute atomic E-state index is 1.12. The van der Waals surface area contributed by atoms with Gasteiger partial charge in [-0.25, -0.2) is 0 Å². The first-order valence-electron chi connectivity index (χ1n) is 9.14. The summed E-state index contributed by atoms with van der Waals surface area (Å²) in [6, 6.07) is 27.0. The van der Waals surface area contributed by atoms with Gasteiger partial charge in [0.25, 0.3) is 0 Å². The maximum absolute atomic E-state index is 3.58. The van der Waals surface area contributed by atoms with Crippen molar-refractivity contribution >= 4 is 50.9 Å². The highest BCUT2D eigenvalue weighted by Gasteiger charge is 2.34. The smallest absolute Gasteiger partial charge is 0.145 e. The molecule has 0 saturated carbocycles. The van der Waals surface area contributed by atoms with Crippen LogP contribution < -0.4 is 25.4 Å². The summed E-state index contributed by atoms with van der Waals surface area (Å²) in [6.07, 6.45) is 0. The number of benzene rings is 3. The molecule has 27 heavy (non-hydrogen) atoms. The average Bonchev–Trinajstić information content (AvgIpc) is 2.68. The third kappa shape index (κ3) is 3.97. The molecule has 140 valence electrons. The van der Waals surface area contributed by atoms with Crippen molar-refractivity contribution in [3.8, 4) is 0 Å². The van der Waals surface area contributed by atoms with E-state index in [1.54, 1.807) is 0 Å². The van der Waals surface area contributed by atoms with Crippen molar-refractivity contribution in [1.82, 2.24) is 0 Å². The fraction of sp³-hybridized carbons (Fsp3) is 0.217. The van der Waals surface area contributed by atoms with Gasteiger partial charge in [0, 0.05) is 44.0 Å². The van der Waals surface area contributed by atoms with E-state index in [2.05, 4.69) is 133 Å². The molecular formula is C23H27BrN2Si. The van der Waals surface area contributed by atoms with Gasteiger partial charge in [-0.05, 0) is 52.0 Å². The summed E-state index contributed by atoms with van der Waals surface area (Å²) < 4.78 is 1.12. The first kappa shape index (κ1) is 19.7. The Morgan fingerprint density at radius 1 is 0.556 bits per heavy atom. The fourth-order valence-electron chi connectivity index (χ4n) is 3.47. The van der Waals surface area contributed by atoms with Crippen molar-refractivity contribution in [2.24, 2.45) is 0 Å². The molecule has 0 aromatic heterocycles. The zero-order valence-corrected chi connectivity index (χ0v) is 19.3. The lowest BCUT2D eigenvalue weighted by Crippen LogP contribution is -2.64. The molecule has 0 spiro atoms. The summed E-state index contributed by atoms with van der Waals surface area (Å²) in [4.78, 5) is 4.29. The summed E-state index contributed by atoms with van der Waals surface area (Å²) >= 11 is 3.58. The third-order valence-electron chi connectivity index (χ3n) is 5.34. The maximum atomic E-state index is 3.58. The van der Waals surface area contributed by atoms with Crippen molar-refractivity contribution in [2.75, 3.05) is 38.0 Å². The normalized spacial score (nSPS) is 11.3. The monoisotopic (exact) mass is 438 g/mol. The van der Waals surface area contributed by atoms with Crippen LogP contribution in [0.4, 0.5) is 11.4 Å². The highest BCUT2D eigenvalue weighted by Crippen LogP contribution is 2.16. The summed E-state index contributed by atoms with van der Waals surface area (Å²) in [5.41, 5.74) is 2.46. The van der Waals surface area contributed by atoms with Crippen molar-refractivity contribution in [3.63, 3.8) is 0 Å². The van der Waals surface area contributed by atoms with Gasteiger partial charge in [0.1, 0.15) is 8.07 Å². The van der Waals surface area contributed by atoms with Crippen LogP contribution in [0.2, 0.25) is 6.55 Å². The molecule has 0 bridgehead atoms. The van der Waals surface area contributed by atoms with Crippen LogP contribution >= 0.6 is 15.9 Å². The number of hydrogen-bond acceptors (Lipinski definition) is 2. The minimum atomic E-state index is -2.07. The van der Waals surface area contributed by atoms with Crippen LogP contribution in [-0.4, -0.2) is 36.3 Å². The topological polar surface area (TPSA) is 6.48 Å². The molecule has 0 heterocycles. The number of nitrogens with zero attached hydrogens (tertiary/aromatic N) is 2. The van der Waals surface area contributed by atoms with Gasteiger partial charge in [-0.1, -0.05) is 58.9 Å². The molecule has 2 nitrogen and oxygen atoms in total. The van der Waals surface area contributed by atoms with E-state index < -0.39 is 8.07 Å². The largest absolute Gasteiger partial charge is 0.378 e. The summed E-state index contributed by atoms with van der Waals surface area (Å²) in [7, 11) is 6.26. The second-order valence-electron chi connectivity index (χ2n) is 7.51. The van der Waals surface area contributed by atoms with Crippen LogP contribution in [0.3, 0.4) is 0 Å². The van der Waals surface area contributed by atoms with Gasteiger partial charge in [0.2, 0.25) is 0 Å². The summed E-state index contributed by atoms with van der Waals surface area (Å²) in [5.74, 6) is 0. The van der Waals surface area contributed by atoms with E-state index in [1.165, 1.54) is 26.9 Å². The Bertz CT molecular complexity index is 834. The second kappa shape index (κ2) is 7.91. The summed E-state index contributed by atoms with van der Waals surface area (Å²) in [5, 5.41) is 4.27. The molecule has 0 amide bonds. The van der Waals surface area contributed by atoms with Crippen molar-refractivity contribution in [1.29, 1.82) is 0 Å².